The number of ether oxygens (including phenoxy) is 1. The Morgan fingerprint density at radius 1 is 1.20 bits per heavy atom. The zero-order valence-electron chi connectivity index (χ0n) is 16.6. The molecule has 3 rings (SSSR count). The molecule has 0 radical (unpaired) electrons. The lowest BCUT2D eigenvalue weighted by Gasteiger charge is -2.28. The number of carbonyl (C=O) groups excluding carboxylic acids is 1. The van der Waals surface area contributed by atoms with Crippen LogP contribution < -0.4 is 0 Å². The number of benzene rings is 1. The van der Waals surface area contributed by atoms with Crippen LogP contribution in [0, 0.1) is 5.92 Å². The van der Waals surface area contributed by atoms with E-state index in [0.717, 1.165) is 0 Å². The Morgan fingerprint density at radius 2 is 1.83 bits per heavy atom. The minimum Gasteiger partial charge on any atom is -0.460 e. The van der Waals surface area contributed by atoms with Crippen LogP contribution in [0.1, 0.15) is 32.8 Å². The van der Waals surface area contributed by atoms with Crippen molar-refractivity contribution in [2.75, 3.05) is 0 Å². The second kappa shape index (κ2) is 8.27. The number of nitrogens with zero attached hydrogens (tertiary/aromatic N) is 2. The monoisotopic (exact) mass is 460 g/mol. The second-order valence-electron chi connectivity index (χ2n) is 8.16. The summed E-state index contributed by atoms with van der Waals surface area (Å²) < 4.78 is 46.0. The van der Waals surface area contributed by atoms with Gasteiger partial charge in [0, 0.05) is 15.6 Å². The highest BCUT2D eigenvalue weighted by Gasteiger charge is 2.49. The Labute approximate surface area is 183 Å². The van der Waals surface area contributed by atoms with Gasteiger partial charge in [-0.15, -0.1) is 0 Å². The van der Waals surface area contributed by atoms with E-state index in [1.807, 2.05) is 0 Å². The molecule has 0 aromatic heterocycles. The standard InChI is InChI=1S/C21H21Cl2F3N2O2/c1-20(2,3)30-18(29)10-12-7-8-13-17(9-12)28(27-19(13)21(24,25)26)11-14-15(22)5-4-6-16(14)23/h4-9,13,17H,10-11H2,1-3H3. The summed E-state index contributed by atoms with van der Waals surface area (Å²) in [7, 11) is 0. The molecule has 1 aromatic rings. The van der Waals surface area contributed by atoms with Crippen LogP contribution in [0.3, 0.4) is 0 Å². The van der Waals surface area contributed by atoms with Crippen molar-refractivity contribution in [3.8, 4) is 0 Å². The molecule has 0 bridgehead atoms. The quantitative estimate of drug-likeness (QED) is 0.522. The van der Waals surface area contributed by atoms with Gasteiger partial charge in [0.1, 0.15) is 5.60 Å². The summed E-state index contributed by atoms with van der Waals surface area (Å²) in [6.45, 7) is 5.26. The fourth-order valence-electron chi connectivity index (χ4n) is 3.41. The van der Waals surface area contributed by atoms with Crippen LogP contribution in [-0.4, -0.2) is 34.5 Å². The van der Waals surface area contributed by atoms with E-state index in [1.165, 1.54) is 17.2 Å². The van der Waals surface area contributed by atoms with E-state index in [2.05, 4.69) is 5.10 Å². The van der Waals surface area contributed by atoms with Gasteiger partial charge in [-0.25, -0.2) is 0 Å². The Hall–Kier alpha value is -1.99. The fourth-order valence-corrected chi connectivity index (χ4v) is 3.93. The third-order valence-corrected chi connectivity index (χ3v) is 5.32. The minimum atomic E-state index is -4.58. The summed E-state index contributed by atoms with van der Waals surface area (Å²) in [5.41, 5.74) is -0.479. The summed E-state index contributed by atoms with van der Waals surface area (Å²) >= 11 is 12.4. The van der Waals surface area contributed by atoms with Crippen LogP contribution in [0.15, 0.2) is 47.1 Å². The molecule has 2 unspecified atom stereocenters. The maximum absolute atomic E-state index is 13.6. The normalized spacial score (nSPS) is 21.3. The zero-order chi connectivity index (χ0) is 22.3. The summed E-state index contributed by atoms with van der Waals surface area (Å²) in [6.07, 6.45) is -0.0351. The van der Waals surface area contributed by atoms with Crippen molar-refractivity contribution in [3.63, 3.8) is 0 Å². The van der Waals surface area contributed by atoms with E-state index in [1.54, 1.807) is 45.0 Å². The first-order valence-corrected chi connectivity index (χ1v) is 10.1. The summed E-state index contributed by atoms with van der Waals surface area (Å²) in [5.74, 6) is -1.43. The van der Waals surface area contributed by atoms with Gasteiger partial charge >= 0.3 is 12.1 Å². The number of allylic oxidation sites excluding steroid dienone is 1. The average molecular weight is 461 g/mol. The minimum absolute atomic E-state index is 0.00328. The molecule has 0 saturated heterocycles. The number of hydrogen-bond acceptors (Lipinski definition) is 4. The second-order valence-corrected chi connectivity index (χ2v) is 8.98. The number of halogens is 5. The van der Waals surface area contributed by atoms with Crippen LogP contribution in [0.4, 0.5) is 13.2 Å². The Kier molecular flexibility index (Phi) is 6.25. The van der Waals surface area contributed by atoms with Gasteiger partial charge in [0.2, 0.25) is 0 Å². The maximum Gasteiger partial charge on any atom is 0.431 e. The van der Waals surface area contributed by atoms with Crippen molar-refractivity contribution in [3.05, 3.63) is 57.6 Å². The van der Waals surface area contributed by atoms with Crippen molar-refractivity contribution in [2.45, 2.75) is 51.6 Å². The molecule has 30 heavy (non-hydrogen) atoms. The van der Waals surface area contributed by atoms with Crippen molar-refractivity contribution in [1.29, 1.82) is 0 Å². The smallest absolute Gasteiger partial charge is 0.431 e. The van der Waals surface area contributed by atoms with Gasteiger partial charge in [-0.1, -0.05) is 47.5 Å². The van der Waals surface area contributed by atoms with Gasteiger partial charge in [0.05, 0.1) is 24.9 Å². The van der Waals surface area contributed by atoms with E-state index in [0.29, 0.717) is 21.2 Å². The molecule has 0 amide bonds. The maximum atomic E-state index is 13.6. The Morgan fingerprint density at radius 3 is 2.40 bits per heavy atom. The average Bonchev–Trinajstić information content (AvgIpc) is 2.95. The molecule has 0 spiro atoms. The number of hydrazone groups is 1. The highest BCUT2D eigenvalue weighted by atomic mass is 35.5. The molecule has 0 N–H and O–H groups in total. The molecular formula is C21H21Cl2F3N2O2. The van der Waals surface area contributed by atoms with E-state index in [-0.39, 0.29) is 13.0 Å². The number of fused-ring (bicyclic) bond motifs is 1. The summed E-state index contributed by atoms with van der Waals surface area (Å²) in [5, 5.41) is 5.86. The van der Waals surface area contributed by atoms with Gasteiger partial charge in [0.25, 0.3) is 0 Å². The van der Waals surface area contributed by atoms with Crippen LogP contribution in [0.5, 0.6) is 0 Å². The van der Waals surface area contributed by atoms with Gasteiger partial charge in [-0.2, -0.15) is 18.3 Å². The van der Waals surface area contributed by atoms with Gasteiger partial charge in [-0.05, 0) is 38.5 Å². The van der Waals surface area contributed by atoms with Gasteiger partial charge in [-0.3, -0.25) is 9.80 Å². The first kappa shape index (κ1) is 22.7. The largest absolute Gasteiger partial charge is 0.460 e. The Balaban J connectivity index is 1.88. The topological polar surface area (TPSA) is 41.9 Å². The van der Waals surface area contributed by atoms with Crippen molar-refractivity contribution in [1.82, 2.24) is 5.01 Å². The molecule has 1 aromatic carbocycles. The van der Waals surface area contributed by atoms with Crippen molar-refractivity contribution >= 4 is 34.9 Å². The van der Waals surface area contributed by atoms with Crippen LogP contribution >= 0.6 is 23.2 Å². The number of alkyl halides is 3. The Bertz CT molecular complexity index is 913. The predicted molar refractivity (Wildman–Crippen MR) is 110 cm³/mol. The van der Waals surface area contributed by atoms with Gasteiger partial charge < -0.3 is 4.74 Å². The lowest BCUT2D eigenvalue weighted by molar-refractivity contribution is -0.153. The first-order chi connectivity index (χ1) is 13.8. The molecular weight excluding hydrogens is 440 g/mol. The van der Waals surface area contributed by atoms with Crippen LogP contribution in [0.25, 0.3) is 0 Å². The third kappa shape index (κ3) is 5.19. The van der Waals surface area contributed by atoms with E-state index in [4.69, 9.17) is 27.9 Å². The van der Waals surface area contributed by atoms with Crippen molar-refractivity contribution in [2.24, 2.45) is 11.0 Å². The predicted octanol–water partition coefficient (Wildman–Crippen LogP) is 5.94. The molecule has 1 aliphatic heterocycles. The van der Waals surface area contributed by atoms with Gasteiger partial charge in [0.15, 0.2) is 5.71 Å². The lowest BCUT2D eigenvalue weighted by atomic mass is 9.87. The lowest BCUT2D eigenvalue weighted by Crippen LogP contribution is -2.36. The first-order valence-electron chi connectivity index (χ1n) is 9.31. The molecule has 0 saturated carbocycles. The highest BCUT2D eigenvalue weighted by molar-refractivity contribution is 6.35. The van der Waals surface area contributed by atoms with E-state index >= 15 is 0 Å². The fraction of sp³-hybridized carbons (Fsp3) is 0.429. The summed E-state index contributed by atoms with van der Waals surface area (Å²) in [6, 6.07) is 4.19. The summed E-state index contributed by atoms with van der Waals surface area (Å²) in [4.78, 5) is 12.2. The third-order valence-electron chi connectivity index (χ3n) is 4.61. The van der Waals surface area contributed by atoms with Crippen LogP contribution in [-0.2, 0) is 16.1 Å². The molecule has 1 aliphatic carbocycles. The number of rotatable bonds is 4. The van der Waals surface area contributed by atoms with Crippen LogP contribution in [0.2, 0.25) is 10.0 Å². The molecule has 162 valence electrons. The number of hydrogen-bond donors (Lipinski definition) is 0. The van der Waals surface area contributed by atoms with Crippen molar-refractivity contribution < 1.29 is 22.7 Å². The molecule has 2 aliphatic rings. The SMILES string of the molecule is CC(C)(C)OC(=O)CC1=CC2C(C=C1)C(C(F)(F)F)=NN2Cc1c(Cl)cccc1Cl. The highest BCUT2D eigenvalue weighted by Crippen LogP contribution is 2.38. The zero-order valence-corrected chi connectivity index (χ0v) is 18.1. The molecule has 2 atom stereocenters. The van der Waals surface area contributed by atoms with E-state index in [9.17, 15) is 18.0 Å². The molecule has 0 fully saturated rings. The van der Waals surface area contributed by atoms with E-state index < -0.39 is 35.4 Å². The molecule has 1 heterocycles. The molecule has 4 nitrogen and oxygen atoms in total. The molecule has 9 heteroatoms. The number of esters is 1. The number of carbonyl (C=O) groups is 1.